The van der Waals surface area contributed by atoms with E-state index in [1.54, 1.807) is 0 Å². The molecule has 0 fully saturated rings. The highest BCUT2D eigenvalue weighted by atomic mass is 17.2. The van der Waals surface area contributed by atoms with Crippen LogP contribution in [-0.4, -0.2) is 52.9 Å². The Morgan fingerprint density at radius 1 is 0.239 bits per heavy atom. The molecule has 1 heterocycles. The van der Waals surface area contributed by atoms with Crippen molar-refractivity contribution in [2.45, 2.75) is 180 Å². The summed E-state index contributed by atoms with van der Waals surface area (Å²) < 4.78 is 23.0. The number of hydrogen-bond acceptors (Lipinski definition) is 6. The Bertz CT molecular complexity index is 561. The van der Waals surface area contributed by atoms with Crippen LogP contribution in [0, 0.1) is 0 Å². The Balaban J connectivity index is 2.04. The summed E-state index contributed by atoms with van der Waals surface area (Å²) >= 11 is 0. The standard InChI is InChI=1S/C40H76O6/c1-2-6-12-22-33-42-34-24-14-9-10-15-25-35-43-36-26-17-18-27-37-44-38-28-19-20-30-40-46-45-39-29-16-8-4-3-7-13-23-32-41-31-21-11-5-1/h23,27,32,37H,1-22,24-26,28-31,33-36,38-40H2. The Labute approximate surface area is 285 Å². The Morgan fingerprint density at radius 2 is 0.500 bits per heavy atom. The molecule has 0 atom stereocenters. The summed E-state index contributed by atoms with van der Waals surface area (Å²) in [6.07, 6.45) is 42.6. The third-order valence-corrected chi connectivity index (χ3v) is 8.59. The lowest BCUT2D eigenvalue weighted by molar-refractivity contribution is -0.295. The van der Waals surface area contributed by atoms with Crippen LogP contribution in [0.5, 0.6) is 0 Å². The van der Waals surface area contributed by atoms with Gasteiger partial charge in [0, 0.05) is 26.4 Å². The SMILES string of the molecule is C1=COCCCCCCCCCCOCCCCCCCCOCCCCC=COCCCCCCOOCCCCCCCC1. The van der Waals surface area contributed by atoms with Gasteiger partial charge in [0.2, 0.25) is 0 Å². The van der Waals surface area contributed by atoms with Gasteiger partial charge < -0.3 is 18.9 Å². The maximum atomic E-state index is 5.86. The van der Waals surface area contributed by atoms with E-state index in [0.29, 0.717) is 13.2 Å². The Hall–Kier alpha value is -1.08. The van der Waals surface area contributed by atoms with E-state index in [2.05, 4.69) is 12.2 Å². The zero-order valence-electron chi connectivity index (χ0n) is 30.2. The van der Waals surface area contributed by atoms with Crippen molar-refractivity contribution < 1.29 is 28.7 Å². The summed E-state index contributed by atoms with van der Waals surface area (Å²) in [5.74, 6) is 0. The van der Waals surface area contributed by atoms with Crippen LogP contribution in [0.4, 0.5) is 0 Å². The van der Waals surface area contributed by atoms with Gasteiger partial charge in [-0.05, 0) is 95.6 Å². The summed E-state index contributed by atoms with van der Waals surface area (Å²) in [5.41, 5.74) is 0. The fraction of sp³-hybridized carbons (Fsp3) is 0.900. The lowest BCUT2D eigenvalue weighted by Crippen LogP contribution is -1.99. The van der Waals surface area contributed by atoms with E-state index in [1.807, 2.05) is 12.5 Å². The van der Waals surface area contributed by atoms with E-state index in [9.17, 15) is 0 Å². The molecule has 46 heavy (non-hydrogen) atoms. The molecule has 0 N–H and O–H groups in total. The molecule has 0 saturated heterocycles. The first-order valence-electron chi connectivity index (χ1n) is 19.9. The quantitative estimate of drug-likeness (QED) is 0.243. The van der Waals surface area contributed by atoms with Crippen molar-refractivity contribution >= 4 is 0 Å². The molecule has 1 rings (SSSR count). The molecule has 1 aliphatic heterocycles. The van der Waals surface area contributed by atoms with Crippen molar-refractivity contribution in [1.29, 1.82) is 0 Å². The first-order chi connectivity index (χ1) is 23.0. The van der Waals surface area contributed by atoms with Gasteiger partial charge in [-0.15, -0.1) is 0 Å². The van der Waals surface area contributed by atoms with Crippen LogP contribution < -0.4 is 0 Å². The minimum Gasteiger partial charge on any atom is -0.502 e. The summed E-state index contributed by atoms with van der Waals surface area (Å²) in [6.45, 7) is 6.74. The van der Waals surface area contributed by atoms with Crippen LogP contribution in [0.1, 0.15) is 180 Å². The minimum atomic E-state index is 0.692. The third kappa shape index (κ3) is 37.4. The lowest BCUT2D eigenvalue weighted by Gasteiger charge is -2.06. The van der Waals surface area contributed by atoms with Gasteiger partial charge in [0.05, 0.1) is 39.0 Å². The number of ether oxygens (including phenoxy) is 4. The molecule has 272 valence electrons. The molecule has 0 spiro atoms. The van der Waals surface area contributed by atoms with Crippen LogP contribution in [0.15, 0.2) is 24.7 Å². The van der Waals surface area contributed by atoms with E-state index in [1.165, 1.54) is 135 Å². The molecule has 0 aromatic rings. The molecule has 0 aromatic carbocycles. The van der Waals surface area contributed by atoms with Crippen molar-refractivity contribution in [3.63, 3.8) is 0 Å². The fourth-order valence-corrected chi connectivity index (χ4v) is 5.59. The highest BCUT2D eigenvalue weighted by molar-refractivity contribution is 4.74. The molecule has 1 aliphatic rings. The third-order valence-electron chi connectivity index (χ3n) is 8.59. The number of rotatable bonds is 0. The lowest BCUT2D eigenvalue weighted by atomic mass is 10.1. The minimum absolute atomic E-state index is 0.692. The summed E-state index contributed by atoms with van der Waals surface area (Å²) in [6, 6.07) is 0. The van der Waals surface area contributed by atoms with Gasteiger partial charge in [0.15, 0.2) is 0 Å². The van der Waals surface area contributed by atoms with Gasteiger partial charge in [-0.3, -0.25) is 0 Å². The topological polar surface area (TPSA) is 55.4 Å². The average Bonchev–Trinajstić information content (AvgIpc) is 3.07. The predicted octanol–water partition coefficient (Wildman–Crippen LogP) is 12.0. The maximum absolute atomic E-state index is 5.86. The second kappa shape index (κ2) is 40.1. The van der Waals surface area contributed by atoms with Crippen LogP contribution in [-0.2, 0) is 28.7 Å². The molecule has 0 aliphatic carbocycles. The summed E-state index contributed by atoms with van der Waals surface area (Å²) in [5, 5.41) is 0. The average molecular weight is 653 g/mol. The van der Waals surface area contributed by atoms with Gasteiger partial charge in [-0.25, -0.2) is 9.78 Å². The molecule has 0 radical (unpaired) electrons. The van der Waals surface area contributed by atoms with Gasteiger partial charge in [-0.2, -0.15) is 0 Å². The molecule has 6 nitrogen and oxygen atoms in total. The molecule has 0 saturated carbocycles. The van der Waals surface area contributed by atoms with E-state index in [0.717, 1.165) is 84.6 Å². The highest BCUT2D eigenvalue weighted by Gasteiger charge is 1.97. The first-order valence-corrected chi connectivity index (χ1v) is 19.9. The van der Waals surface area contributed by atoms with Crippen LogP contribution >= 0.6 is 0 Å². The summed E-state index contributed by atoms with van der Waals surface area (Å²) in [7, 11) is 0. The monoisotopic (exact) mass is 653 g/mol. The van der Waals surface area contributed by atoms with Crippen molar-refractivity contribution in [1.82, 2.24) is 0 Å². The normalized spacial score (nSPS) is 23.0. The van der Waals surface area contributed by atoms with Crippen LogP contribution in [0.3, 0.4) is 0 Å². The second-order valence-electron chi connectivity index (χ2n) is 13.1. The predicted molar refractivity (Wildman–Crippen MR) is 193 cm³/mol. The molecule has 0 amide bonds. The molecule has 6 heteroatoms. The largest absolute Gasteiger partial charge is 0.502 e. The van der Waals surface area contributed by atoms with Crippen molar-refractivity contribution in [3.8, 4) is 0 Å². The van der Waals surface area contributed by atoms with Crippen molar-refractivity contribution in [2.24, 2.45) is 0 Å². The van der Waals surface area contributed by atoms with Crippen molar-refractivity contribution in [2.75, 3.05) is 52.9 Å². The molecule has 0 unspecified atom stereocenters. The highest BCUT2D eigenvalue weighted by Crippen LogP contribution is 2.11. The number of allylic oxidation sites excluding steroid dienone is 2. The van der Waals surface area contributed by atoms with Crippen LogP contribution in [0.25, 0.3) is 0 Å². The smallest absolute Gasteiger partial charge is 0.0873 e. The van der Waals surface area contributed by atoms with Gasteiger partial charge >= 0.3 is 0 Å². The van der Waals surface area contributed by atoms with E-state index >= 15 is 0 Å². The van der Waals surface area contributed by atoms with Gasteiger partial charge in [0.25, 0.3) is 0 Å². The molecular weight excluding hydrogens is 576 g/mol. The zero-order valence-corrected chi connectivity index (χ0v) is 30.2. The zero-order chi connectivity index (χ0) is 32.5. The number of hydrogen-bond donors (Lipinski definition) is 0. The van der Waals surface area contributed by atoms with Gasteiger partial charge in [0.1, 0.15) is 0 Å². The fourth-order valence-electron chi connectivity index (χ4n) is 5.59. The van der Waals surface area contributed by atoms with Crippen LogP contribution in [0.2, 0.25) is 0 Å². The van der Waals surface area contributed by atoms with Gasteiger partial charge in [-0.1, -0.05) is 96.3 Å². The summed E-state index contributed by atoms with van der Waals surface area (Å²) in [4.78, 5) is 10.7. The maximum Gasteiger partial charge on any atom is 0.0873 e. The molecule has 0 aromatic heterocycles. The Morgan fingerprint density at radius 3 is 0.891 bits per heavy atom. The second-order valence-corrected chi connectivity index (χ2v) is 13.1. The van der Waals surface area contributed by atoms with Crippen molar-refractivity contribution in [3.05, 3.63) is 24.7 Å². The van der Waals surface area contributed by atoms with E-state index < -0.39 is 0 Å². The molecule has 0 bridgehead atoms. The Kier molecular flexibility index (Phi) is 37.4. The molecular formula is C40H76O6. The van der Waals surface area contributed by atoms with E-state index in [-0.39, 0.29) is 0 Å². The van der Waals surface area contributed by atoms with E-state index in [4.69, 9.17) is 28.7 Å². The first kappa shape index (κ1) is 42.9.